The molecule has 0 atom stereocenters. The van der Waals surface area contributed by atoms with Crippen molar-refractivity contribution in [1.82, 2.24) is 0 Å². The van der Waals surface area contributed by atoms with Gasteiger partial charge in [0.25, 0.3) is 6.16 Å². The topological polar surface area (TPSA) is 49.4 Å². The monoisotopic (exact) mass is 415 g/mol. The van der Waals surface area contributed by atoms with Crippen molar-refractivity contribution >= 4 is 6.16 Å². The van der Waals surface area contributed by atoms with Gasteiger partial charge >= 0.3 is 0 Å². The van der Waals surface area contributed by atoms with Crippen LogP contribution in [0, 0.1) is 0 Å². The van der Waals surface area contributed by atoms with E-state index in [1.807, 2.05) is 0 Å². The molecule has 29 heavy (non-hydrogen) atoms. The standard InChI is InChI=1S/C23H50N.C2H4O3/c1-5-8-10-12-14-16-18-20-22-24(4,7-3)23-21-19-17-15-13-11-9-6-2;1-5-2(3)4/h5-23H2,1-4H3;1H3,(H,3,4)/q+1;/p-1. The summed E-state index contributed by atoms with van der Waals surface area (Å²) in [5.74, 6) is 0. The molecule has 176 valence electrons. The molecule has 0 bridgehead atoms. The zero-order valence-corrected chi connectivity index (χ0v) is 20.6. The normalized spacial score (nSPS) is 11.1. The summed E-state index contributed by atoms with van der Waals surface area (Å²) in [6, 6.07) is 0. The summed E-state index contributed by atoms with van der Waals surface area (Å²) in [7, 11) is 3.53. The number of quaternary nitrogens is 1. The third-order valence-corrected chi connectivity index (χ3v) is 6.03. The highest BCUT2D eigenvalue weighted by Crippen LogP contribution is 2.14. The Bertz CT molecular complexity index is 314. The van der Waals surface area contributed by atoms with Crippen molar-refractivity contribution in [1.29, 1.82) is 0 Å². The number of carboxylic acid groups (broad SMARTS) is 1. The van der Waals surface area contributed by atoms with Gasteiger partial charge in [-0.2, -0.15) is 0 Å². The Balaban J connectivity index is 0. The number of carbonyl (C=O) groups excluding carboxylic acids is 1. The zero-order chi connectivity index (χ0) is 22.2. The maximum Gasteiger partial charge on any atom is 0.251 e. The van der Waals surface area contributed by atoms with Crippen LogP contribution in [0.5, 0.6) is 0 Å². The Hall–Kier alpha value is -0.770. The predicted octanol–water partition coefficient (Wildman–Crippen LogP) is 6.71. The van der Waals surface area contributed by atoms with Crippen molar-refractivity contribution in [2.24, 2.45) is 0 Å². The van der Waals surface area contributed by atoms with Gasteiger partial charge in [-0.25, -0.2) is 0 Å². The van der Waals surface area contributed by atoms with Crippen LogP contribution in [0.4, 0.5) is 4.79 Å². The molecule has 0 aromatic heterocycles. The summed E-state index contributed by atoms with van der Waals surface area (Å²) in [5, 5.41) is 9.03. The lowest BCUT2D eigenvalue weighted by atomic mass is 10.1. The van der Waals surface area contributed by atoms with E-state index < -0.39 is 6.16 Å². The Morgan fingerprint density at radius 1 is 0.655 bits per heavy atom. The van der Waals surface area contributed by atoms with Crippen LogP contribution in [0.1, 0.15) is 124 Å². The number of hydrogen-bond donors (Lipinski definition) is 0. The molecule has 0 aliphatic rings. The summed E-state index contributed by atoms with van der Waals surface area (Å²) in [5.41, 5.74) is 0. The van der Waals surface area contributed by atoms with E-state index in [1.54, 1.807) is 0 Å². The summed E-state index contributed by atoms with van der Waals surface area (Å²) in [4.78, 5) is 9.03. The van der Waals surface area contributed by atoms with E-state index >= 15 is 0 Å². The minimum absolute atomic E-state index is 1.04. The van der Waals surface area contributed by atoms with Crippen molar-refractivity contribution in [3.63, 3.8) is 0 Å². The van der Waals surface area contributed by atoms with Gasteiger partial charge in [-0.3, -0.25) is 0 Å². The van der Waals surface area contributed by atoms with Crippen LogP contribution >= 0.6 is 0 Å². The number of unbranched alkanes of at least 4 members (excludes halogenated alkanes) is 14. The lowest BCUT2D eigenvalue weighted by Gasteiger charge is -2.33. The van der Waals surface area contributed by atoms with Crippen LogP contribution in [0.3, 0.4) is 0 Å². The molecule has 0 saturated carbocycles. The molecular weight excluding hydrogens is 362 g/mol. The molecule has 0 spiro atoms. The number of rotatable bonds is 19. The van der Waals surface area contributed by atoms with Crippen molar-refractivity contribution in [3.05, 3.63) is 0 Å². The second kappa shape index (κ2) is 23.5. The van der Waals surface area contributed by atoms with Crippen LogP contribution in [0.2, 0.25) is 0 Å². The number of methoxy groups -OCH3 is 1. The van der Waals surface area contributed by atoms with Gasteiger partial charge in [0.15, 0.2) is 0 Å². The summed E-state index contributed by atoms with van der Waals surface area (Å²) in [6.07, 6.45) is 21.6. The number of carbonyl (C=O) groups is 1. The van der Waals surface area contributed by atoms with E-state index in [9.17, 15) is 0 Å². The van der Waals surface area contributed by atoms with E-state index in [-0.39, 0.29) is 0 Å². The third kappa shape index (κ3) is 25.2. The number of nitrogens with zero attached hydrogens (tertiary/aromatic N) is 1. The Kier molecular flexibility index (Phi) is 24.7. The van der Waals surface area contributed by atoms with Gasteiger partial charge in [0, 0.05) is 7.11 Å². The highest BCUT2D eigenvalue weighted by Gasteiger charge is 2.17. The number of ether oxygens (including phenoxy) is 1. The summed E-state index contributed by atoms with van der Waals surface area (Å²) >= 11 is 0. The molecule has 0 heterocycles. The molecule has 0 unspecified atom stereocenters. The van der Waals surface area contributed by atoms with E-state index in [0.717, 1.165) is 7.11 Å². The molecular formula is C25H53NO3. The van der Waals surface area contributed by atoms with Crippen LogP contribution in [-0.4, -0.2) is 44.4 Å². The van der Waals surface area contributed by atoms with E-state index in [1.165, 1.54) is 127 Å². The third-order valence-electron chi connectivity index (χ3n) is 6.03. The minimum Gasteiger partial charge on any atom is -0.553 e. The first-order valence-corrected chi connectivity index (χ1v) is 12.5. The van der Waals surface area contributed by atoms with Gasteiger partial charge in [-0.15, -0.1) is 0 Å². The summed E-state index contributed by atoms with van der Waals surface area (Å²) in [6.45, 7) is 11.1. The van der Waals surface area contributed by atoms with Crippen LogP contribution in [-0.2, 0) is 4.74 Å². The van der Waals surface area contributed by atoms with Gasteiger partial charge in [-0.05, 0) is 32.6 Å². The Labute approximate surface area is 183 Å². The van der Waals surface area contributed by atoms with Gasteiger partial charge in [0.2, 0.25) is 0 Å². The fourth-order valence-electron chi connectivity index (χ4n) is 3.68. The van der Waals surface area contributed by atoms with E-state index in [2.05, 4.69) is 32.6 Å². The largest absolute Gasteiger partial charge is 0.553 e. The highest BCUT2D eigenvalue weighted by molar-refractivity contribution is 5.53. The second-order valence-electron chi connectivity index (χ2n) is 8.79. The molecule has 0 amide bonds. The fourth-order valence-corrected chi connectivity index (χ4v) is 3.68. The maximum absolute atomic E-state index is 9.03. The predicted molar refractivity (Wildman–Crippen MR) is 124 cm³/mol. The van der Waals surface area contributed by atoms with Crippen LogP contribution in [0.15, 0.2) is 0 Å². The van der Waals surface area contributed by atoms with Gasteiger partial charge < -0.3 is 19.1 Å². The Morgan fingerprint density at radius 2 is 0.931 bits per heavy atom. The molecule has 0 aromatic rings. The first kappa shape index (κ1) is 30.4. The van der Waals surface area contributed by atoms with Crippen LogP contribution < -0.4 is 5.11 Å². The average molecular weight is 416 g/mol. The fraction of sp³-hybridized carbons (Fsp3) is 0.960. The molecule has 4 heteroatoms. The quantitative estimate of drug-likeness (QED) is 0.134. The lowest BCUT2D eigenvalue weighted by molar-refractivity contribution is -0.908. The molecule has 0 aliphatic carbocycles. The first-order valence-electron chi connectivity index (χ1n) is 12.5. The van der Waals surface area contributed by atoms with Crippen molar-refractivity contribution < 1.29 is 19.1 Å². The van der Waals surface area contributed by atoms with Crippen molar-refractivity contribution in [2.75, 3.05) is 33.8 Å². The Morgan fingerprint density at radius 3 is 1.17 bits per heavy atom. The molecule has 0 rings (SSSR count). The summed E-state index contributed by atoms with van der Waals surface area (Å²) < 4.78 is 4.87. The maximum atomic E-state index is 9.03. The van der Waals surface area contributed by atoms with Gasteiger partial charge in [-0.1, -0.05) is 90.9 Å². The second-order valence-corrected chi connectivity index (χ2v) is 8.79. The molecule has 0 aliphatic heterocycles. The van der Waals surface area contributed by atoms with Gasteiger partial charge in [0.1, 0.15) is 0 Å². The molecule has 0 aromatic carbocycles. The zero-order valence-electron chi connectivity index (χ0n) is 20.6. The average Bonchev–Trinajstić information content (AvgIpc) is 2.72. The van der Waals surface area contributed by atoms with E-state index in [4.69, 9.17) is 9.90 Å². The molecule has 0 saturated heterocycles. The molecule has 0 N–H and O–H groups in total. The number of hydrogen-bond acceptors (Lipinski definition) is 3. The SMILES string of the molecule is CCCCCCCCCC[N+](C)(CC)CCCCCCCCCC.COC(=O)[O-]. The van der Waals surface area contributed by atoms with Crippen molar-refractivity contribution in [3.8, 4) is 0 Å². The minimum atomic E-state index is -1.50. The van der Waals surface area contributed by atoms with E-state index in [0.29, 0.717) is 0 Å². The smallest absolute Gasteiger partial charge is 0.251 e. The van der Waals surface area contributed by atoms with Crippen molar-refractivity contribution in [2.45, 2.75) is 124 Å². The molecule has 0 fully saturated rings. The van der Waals surface area contributed by atoms with Gasteiger partial charge in [0.05, 0.1) is 26.7 Å². The highest BCUT2D eigenvalue weighted by atomic mass is 16.6. The molecule has 0 radical (unpaired) electrons. The molecule has 4 nitrogen and oxygen atoms in total. The lowest BCUT2D eigenvalue weighted by Crippen LogP contribution is -2.45. The first-order chi connectivity index (χ1) is 14.0. The van der Waals surface area contributed by atoms with Crippen LogP contribution in [0.25, 0.3) is 0 Å².